The number of hydrogen-bond donors (Lipinski definition) is 2. The van der Waals surface area contributed by atoms with Crippen molar-refractivity contribution in [1.82, 2.24) is 0 Å². The van der Waals surface area contributed by atoms with E-state index in [4.69, 9.17) is 27.6 Å². The lowest BCUT2D eigenvalue weighted by Gasteiger charge is -2.08. The van der Waals surface area contributed by atoms with E-state index in [2.05, 4.69) is 15.4 Å². The van der Waals surface area contributed by atoms with Gasteiger partial charge in [-0.2, -0.15) is 0 Å². The van der Waals surface area contributed by atoms with Crippen LogP contribution in [0.1, 0.15) is 16.3 Å². The van der Waals surface area contributed by atoms with Crippen molar-refractivity contribution < 1.29 is 18.7 Å². The van der Waals surface area contributed by atoms with Gasteiger partial charge in [0, 0.05) is 11.8 Å². The minimum absolute atomic E-state index is 0.0794. The first-order valence-electron chi connectivity index (χ1n) is 6.12. The normalized spacial score (nSPS) is 10.2. The molecule has 0 spiro atoms. The number of aryl methyl sites for hydroxylation is 1. The van der Waals surface area contributed by atoms with Crippen LogP contribution >= 0.6 is 23.2 Å². The Labute approximate surface area is 136 Å². The molecule has 2 rings (SSSR count). The third kappa shape index (κ3) is 3.72. The second-order valence-corrected chi connectivity index (χ2v) is 5.11. The minimum Gasteiger partial charge on any atom is -0.463 e. The second kappa shape index (κ2) is 6.72. The molecule has 22 heavy (non-hydrogen) atoms. The van der Waals surface area contributed by atoms with Gasteiger partial charge in [0.15, 0.2) is 0 Å². The Kier molecular flexibility index (Phi) is 4.95. The molecule has 116 valence electrons. The van der Waals surface area contributed by atoms with Crippen LogP contribution in [0.5, 0.6) is 0 Å². The van der Waals surface area contributed by atoms with E-state index in [9.17, 15) is 9.59 Å². The van der Waals surface area contributed by atoms with E-state index in [0.717, 1.165) is 0 Å². The van der Waals surface area contributed by atoms with Crippen molar-refractivity contribution in [3.8, 4) is 0 Å². The minimum atomic E-state index is -0.682. The van der Waals surface area contributed by atoms with E-state index in [1.807, 2.05) is 0 Å². The molecule has 6 nitrogen and oxygen atoms in total. The summed E-state index contributed by atoms with van der Waals surface area (Å²) >= 11 is 11.7. The van der Waals surface area contributed by atoms with Crippen LogP contribution in [0.3, 0.4) is 0 Å². The molecular weight excluding hydrogens is 331 g/mol. The number of anilines is 2. The molecule has 2 amide bonds. The Morgan fingerprint density at radius 3 is 2.50 bits per heavy atom. The Hall–Kier alpha value is -2.18. The van der Waals surface area contributed by atoms with Gasteiger partial charge in [-0.3, -0.25) is 0 Å². The van der Waals surface area contributed by atoms with Gasteiger partial charge < -0.3 is 19.8 Å². The zero-order valence-corrected chi connectivity index (χ0v) is 13.2. The van der Waals surface area contributed by atoms with E-state index in [-0.39, 0.29) is 11.4 Å². The number of carbonyl (C=O) groups excluding carboxylic acids is 2. The van der Waals surface area contributed by atoms with Gasteiger partial charge in [-0.15, -0.1) is 0 Å². The van der Waals surface area contributed by atoms with Gasteiger partial charge >= 0.3 is 12.0 Å². The summed E-state index contributed by atoms with van der Waals surface area (Å²) in [6.07, 6.45) is 0. The first-order valence-corrected chi connectivity index (χ1v) is 6.88. The van der Waals surface area contributed by atoms with E-state index in [1.165, 1.54) is 19.2 Å². The lowest BCUT2D eigenvalue weighted by Crippen LogP contribution is -2.20. The molecule has 1 aromatic carbocycles. The van der Waals surface area contributed by atoms with Gasteiger partial charge in [-0.25, -0.2) is 9.59 Å². The van der Waals surface area contributed by atoms with Gasteiger partial charge in [0.1, 0.15) is 5.76 Å². The summed E-state index contributed by atoms with van der Waals surface area (Å²) in [5.74, 6) is -0.299. The number of ether oxygens (including phenoxy) is 1. The SMILES string of the molecule is COC(=O)c1oc(C)cc1NC(=O)Nc1ccc(Cl)c(Cl)c1. The maximum absolute atomic E-state index is 12.0. The molecule has 0 saturated carbocycles. The predicted molar refractivity (Wildman–Crippen MR) is 83.9 cm³/mol. The predicted octanol–water partition coefficient (Wildman–Crippen LogP) is 4.33. The number of furan rings is 1. The molecule has 8 heteroatoms. The molecule has 0 radical (unpaired) electrons. The van der Waals surface area contributed by atoms with Crippen LogP contribution < -0.4 is 10.6 Å². The first-order chi connectivity index (χ1) is 10.4. The van der Waals surface area contributed by atoms with E-state index < -0.39 is 12.0 Å². The van der Waals surface area contributed by atoms with Crippen LogP contribution in [-0.4, -0.2) is 19.1 Å². The van der Waals surface area contributed by atoms with E-state index >= 15 is 0 Å². The number of benzene rings is 1. The fraction of sp³-hybridized carbons (Fsp3) is 0.143. The quantitative estimate of drug-likeness (QED) is 0.813. The van der Waals surface area contributed by atoms with Crippen molar-refractivity contribution in [3.05, 3.63) is 45.8 Å². The number of esters is 1. The van der Waals surface area contributed by atoms with Gasteiger partial charge in [-0.05, 0) is 25.1 Å². The lowest BCUT2D eigenvalue weighted by molar-refractivity contribution is 0.0565. The third-order valence-corrected chi connectivity index (χ3v) is 3.39. The molecule has 2 N–H and O–H groups in total. The summed E-state index contributed by atoms with van der Waals surface area (Å²) in [4.78, 5) is 23.5. The molecule has 2 aromatic rings. The molecule has 1 heterocycles. The molecular formula is C14H12Cl2N2O4. The monoisotopic (exact) mass is 342 g/mol. The first kappa shape index (κ1) is 16.2. The topological polar surface area (TPSA) is 80.6 Å². The molecule has 0 aliphatic carbocycles. The molecule has 0 aliphatic heterocycles. The molecule has 0 bridgehead atoms. The van der Waals surface area contributed by atoms with Crippen LogP contribution in [-0.2, 0) is 4.74 Å². The van der Waals surface area contributed by atoms with Crippen LogP contribution in [0.15, 0.2) is 28.7 Å². The standard InChI is InChI=1S/C14H12Cl2N2O4/c1-7-5-11(12(22-7)13(19)21-2)18-14(20)17-8-3-4-9(15)10(16)6-8/h3-6H,1-2H3,(H2,17,18,20). The second-order valence-electron chi connectivity index (χ2n) is 4.30. The lowest BCUT2D eigenvalue weighted by atomic mass is 10.3. The van der Waals surface area contributed by atoms with Crippen molar-refractivity contribution in [2.75, 3.05) is 17.7 Å². The number of carbonyl (C=O) groups is 2. The van der Waals surface area contributed by atoms with Gasteiger partial charge in [0.25, 0.3) is 0 Å². The highest BCUT2D eigenvalue weighted by atomic mass is 35.5. The van der Waals surface area contributed by atoms with E-state index in [1.54, 1.807) is 19.1 Å². The highest BCUT2D eigenvalue weighted by Crippen LogP contribution is 2.26. The summed E-state index contributed by atoms with van der Waals surface area (Å²) in [5.41, 5.74) is 0.661. The van der Waals surface area contributed by atoms with Crippen molar-refractivity contribution in [1.29, 1.82) is 0 Å². The van der Waals surface area contributed by atoms with Crippen LogP contribution in [0, 0.1) is 6.92 Å². The molecule has 0 saturated heterocycles. The third-order valence-electron chi connectivity index (χ3n) is 2.65. The van der Waals surface area contributed by atoms with Crippen LogP contribution in [0.4, 0.5) is 16.2 Å². The van der Waals surface area contributed by atoms with Crippen LogP contribution in [0.2, 0.25) is 10.0 Å². The van der Waals surface area contributed by atoms with Gasteiger partial charge in [0.2, 0.25) is 5.76 Å². The maximum Gasteiger partial charge on any atom is 0.376 e. The summed E-state index contributed by atoms with van der Waals surface area (Å²) in [7, 11) is 1.22. The number of amides is 2. The van der Waals surface area contributed by atoms with Crippen LogP contribution in [0.25, 0.3) is 0 Å². The highest BCUT2D eigenvalue weighted by Gasteiger charge is 2.19. The number of halogens is 2. The number of rotatable bonds is 3. The summed E-state index contributed by atoms with van der Waals surface area (Å²) in [6.45, 7) is 1.65. The Morgan fingerprint density at radius 1 is 1.14 bits per heavy atom. The summed E-state index contributed by atoms with van der Waals surface area (Å²) in [6, 6.07) is 5.60. The highest BCUT2D eigenvalue weighted by molar-refractivity contribution is 6.42. The summed E-state index contributed by atoms with van der Waals surface area (Å²) in [5, 5.41) is 5.77. The zero-order chi connectivity index (χ0) is 16.3. The molecule has 1 aromatic heterocycles. The van der Waals surface area contributed by atoms with Crippen molar-refractivity contribution in [2.24, 2.45) is 0 Å². The molecule has 0 atom stereocenters. The van der Waals surface area contributed by atoms with Gasteiger partial charge in [0.05, 0.1) is 22.8 Å². The molecule has 0 unspecified atom stereocenters. The maximum atomic E-state index is 12.0. The zero-order valence-electron chi connectivity index (χ0n) is 11.7. The average molecular weight is 343 g/mol. The Balaban J connectivity index is 2.12. The number of hydrogen-bond acceptors (Lipinski definition) is 4. The molecule has 0 fully saturated rings. The van der Waals surface area contributed by atoms with Crippen molar-refractivity contribution in [2.45, 2.75) is 6.92 Å². The fourth-order valence-electron chi connectivity index (χ4n) is 1.71. The largest absolute Gasteiger partial charge is 0.463 e. The van der Waals surface area contributed by atoms with Crippen molar-refractivity contribution >= 4 is 46.6 Å². The Bertz CT molecular complexity index is 728. The van der Waals surface area contributed by atoms with Crippen molar-refractivity contribution in [3.63, 3.8) is 0 Å². The Morgan fingerprint density at radius 2 is 1.86 bits per heavy atom. The smallest absolute Gasteiger partial charge is 0.376 e. The fourth-order valence-corrected chi connectivity index (χ4v) is 2.01. The summed E-state index contributed by atoms with van der Waals surface area (Å²) < 4.78 is 9.78. The van der Waals surface area contributed by atoms with Gasteiger partial charge in [-0.1, -0.05) is 23.2 Å². The number of methoxy groups -OCH3 is 1. The molecule has 0 aliphatic rings. The number of nitrogens with one attached hydrogen (secondary N) is 2. The van der Waals surface area contributed by atoms with E-state index in [0.29, 0.717) is 21.5 Å². The average Bonchev–Trinajstić information content (AvgIpc) is 2.82. The number of urea groups is 1.